The first-order valence-electron chi connectivity index (χ1n) is 42.9. The highest BCUT2D eigenvalue weighted by molar-refractivity contribution is 8.00. The van der Waals surface area contributed by atoms with Gasteiger partial charge in [-0.15, -0.1) is 11.8 Å². The lowest BCUT2D eigenvalue weighted by Gasteiger charge is -2.30. The SMILES string of the molecule is CC[C@H](C)[C@@H]1NC(=O)[C@H](CCCNC(=N)N)NC(=O)[C@H](Cc2ccc(O)cc2)NC(=O)[C@H](Cc2ccc(O)cc2)NC(=O)[C@H](Cc2c[nH]cn2)NC(=O)[C@H](Cc2c[nH]cn2)NC(=O)[C@H](Cc2ccc(O)cc2)NC(=O)CSC[C@@H](C(=O)NCC(N)=O)NC(=O)CNC(=O)[C@H](CC(C)C)NC(=O)[C@H](CC(N)=O)NC(=O)CNC(=O)[C@H](Cc2ccc(O)cc2)NC(=O)[C@H](CC(C)C)NC1=O. The van der Waals surface area contributed by atoms with Crippen molar-refractivity contribution in [3.05, 3.63) is 156 Å². The first-order chi connectivity index (χ1) is 63.2. The van der Waals surface area contributed by atoms with Crippen LogP contribution >= 0.6 is 11.8 Å². The number of guanidine groups is 1. The normalized spacial score (nSPS) is 22.2. The highest BCUT2D eigenvalue weighted by atomic mass is 32.2. The smallest absolute Gasteiger partial charge is 0.243 e. The number of hydrogen-bond acceptors (Lipinski definition) is 25. The van der Waals surface area contributed by atoms with Crippen molar-refractivity contribution in [1.29, 1.82) is 5.41 Å². The number of aromatic amines is 2. The number of benzene rings is 4. The quantitative estimate of drug-likeness (QED) is 0.0131. The van der Waals surface area contributed by atoms with Gasteiger partial charge < -0.3 is 133 Å². The van der Waals surface area contributed by atoms with Crippen LogP contribution < -0.4 is 102 Å². The molecular weight excluding hydrogens is 1750 g/mol. The Labute approximate surface area is 769 Å². The number of carbonyl (C=O) groups excluding carboxylic acids is 17. The summed E-state index contributed by atoms with van der Waals surface area (Å²) in [5.41, 5.74) is 18.3. The molecule has 46 heteroatoms. The molecule has 1 aliphatic heterocycles. The summed E-state index contributed by atoms with van der Waals surface area (Å²) < 4.78 is 0. The lowest BCUT2D eigenvalue weighted by Crippen LogP contribution is -2.62. The highest BCUT2D eigenvalue weighted by Crippen LogP contribution is 2.21. The number of hydrogen-bond donors (Lipinski definition) is 26. The van der Waals surface area contributed by atoms with Gasteiger partial charge in [-0.2, -0.15) is 0 Å². The minimum Gasteiger partial charge on any atom is -0.508 e. The molecule has 0 radical (unpaired) electrons. The monoisotopic (exact) mass is 1870 g/mol. The van der Waals surface area contributed by atoms with Gasteiger partial charge >= 0.3 is 0 Å². The van der Waals surface area contributed by atoms with Crippen LogP contribution in [0.4, 0.5) is 0 Å². The van der Waals surface area contributed by atoms with E-state index >= 15 is 33.6 Å². The Kier molecular flexibility index (Phi) is 41.7. The Hall–Kier alpha value is -14.9. The summed E-state index contributed by atoms with van der Waals surface area (Å²) in [4.78, 5) is 258. The molecule has 1 fully saturated rings. The van der Waals surface area contributed by atoms with Crippen molar-refractivity contribution < 1.29 is 102 Å². The van der Waals surface area contributed by atoms with Crippen LogP contribution in [0, 0.1) is 23.2 Å². The lowest BCUT2D eigenvalue weighted by molar-refractivity contribution is -0.136. The predicted molar refractivity (Wildman–Crippen MR) is 482 cm³/mol. The highest BCUT2D eigenvalue weighted by Gasteiger charge is 2.39. The maximum absolute atomic E-state index is 15.5. The number of aromatic hydroxyl groups is 4. The van der Waals surface area contributed by atoms with Crippen LogP contribution in [-0.4, -0.2) is 257 Å². The van der Waals surface area contributed by atoms with Crippen molar-refractivity contribution in [2.24, 2.45) is 35.0 Å². The number of nitrogens with one attached hydrogen (secondary N) is 19. The first kappa shape index (κ1) is 105. The van der Waals surface area contributed by atoms with E-state index in [1.165, 1.54) is 122 Å². The van der Waals surface area contributed by atoms with E-state index in [1.807, 2.05) is 0 Å². The molecule has 0 saturated carbocycles. The maximum Gasteiger partial charge on any atom is 0.243 e. The zero-order valence-electron chi connectivity index (χ0n) is 74.2. The molecule has 45 nitrogen and oxygen atoms in total. The van der Waals surface area contributed by atoms with E-state index < -0.39 is 242 Å². The molecule has 0 bridgehead atoms. The van der Waals surface area contributed by atoms with Crippen molar-refractivity contribution in [2.45, 2.75) is 191 Å². The summed E-state index contributed by atoms with van der Waals surface area (Å²) in [5.74, 6) is -21.0. The number of phenolic OH excluding ortho intramolecular Hbond substituents is 4. The maximum atomic E-state index is 15.5. The third-order valence-electron chi connectivity index (χ3n) is 20.9. The average Bonchev–Trinajstić information content (AvgIpc) is 1.44. The molecule has 3 heterocycles. The van der Waals surface area contributed by atoms with Crippen molar-refractivity contribution in [2.75, 3.05) is 37.7 Å². The minimum atomic E-state index is -1.83. The molecule has 29 N–H and O–H groups in total. The molecule has 1 aliphatic rings. The number of nitrogens with two attached hydrogens (primary N) is 3. The molecule has 0 unspecified atom stereocenters. The fourth-order valence-electron chi connectivity index (χ4n) is 13.7. The second-order valence-corrected chi connectivity index (χ2v) is 33.8. The van der Waals surface area contributed by atoms with Crippen LogP contribution in [0.15, 0.2) is 122 Å². The number of primary amides is 2. The van der Waals surface area contributed by atoms with Crippen molar-refractivity contribution >= 4 is 118 Å². The van der Waals surface area contributed by atoms with Gasteiger partial charge in [0, 0.05) is 63.2 Å². The summed E-state index contributed by atoms with van der Waals surface area (Å²) in [5, 5.41) is 90.2. The number of thioether (sulfide) groups is 1. The number of phenols is 4. The average molecular weight is 1870 g/mol. The lowest BCUT2D eigenvalue weighted by atomic mass is 9.95. The molecule has 4 aromatic carbocycles. The number of rotatable bonds is 27. The zero-order chi connectivity index (χ0) is 97.5. The Balaban J connectivity index is 1.31. The fraction of sp³-hybridized carbons (Fsp3) is 0.448. The van der Waals surface area contributed by atoms with Gasteiger partial charge in [-0.1, -0.05) is 96.5 Å². The van der Waals surface area contributed by atoms with Gasteiger partial charge in [0.25, 0.3) is 0 Å². The Morgan fingerprint density at radius 3 is 1.16 bits per heavy atom. The van der Waals surface area contributed by atoms with E-state index in [2.05, 4.69) is 105 Å². The van der Waals surface area contributed by atoms with Gasteiger partial charge in [0.05, 0.1) is 55.9 Å². The topological polar surface area (TPSA) is 723 Å². The number of H-pyrrole nitrogens is 2. The van der Waals surface area contributed by atoms with Gasteiger partial charge in [0.1, 0.15) is 95.5 Å². The summed E-state index contributed by atoms with van der Waals surface area (Å²) in [6.45, 7) is 7.50. The van der Waals surface area contributed by atoms with Crippen LogP contribution in [0.3, 0.4) is 0 Å². The number of amides is 17. The van der Waals surface area contributed by atoms with E-state index in [-0.39, 0.29) is 104 Å². The standard InChI is InChI=1S/C87H118N24O21S/c1-7-47(6)74-86(132)110-60(28-46(4)5)79(125)105-61(29-48-10-18-54(112)19-11-48)76(122)97-39-71(118)100-67(35-69(88)116)85(131)104-59(27-45(2)3)75(121)96-40-72(119)102-68(77(123)95-38-70(89)117)41-133-42-73(120)101-62(30-49-12-20-55(113)21-13-49)80(126)108-66(34-53-37-93-44-99-53)84(130)109-65(33-52-36-92-43-98-52)83(129)107-64(32-51-16-24-57(115)25-17-51)82(128)106-63(31-50-14-22-56(114)23-15-50)81(127)103-58(78(124)111-74)9-8-26-94-87(90)91/h10-25,36-37,43-47,58-68,74,112-115H,7-9,26-35,38-42H2,1-6H3,(H2,88,116)(H2,89,117)(H,92,98)(H,93,99)(H,95,123)(H,96,121)(H,97,122)(H,100,118)(H,101,120)(H,102,119)(H,103,127)(H,104,131)(H,105,125)(H,106,128)(H,107,129)(H,108,126)(H,109,130)(H,110,132)(H,111,124)(H4,90,91,94)/t47-,58-,59-,60-,61-,62-,63-,64-,65-,66-,67-,68-,74-/m0/s1. The molecule has 0 aliphatic carbocycles. The Morgan fingerprint density at radius 2 is 0.767 bits per heavy atom. The minimum absolute atomic E-state index is 0.00481. The molecule has 7 rings (SSSR count). The van der Waals surface area contributed by atoms with Gasteiger partial charge in [0.15, 0.2) is 5.96 Å². The Morgan fingerprint density at radius 1 is 0.421 bits per heavy atom. The van der Waals surface area contributed by atoms with Crippen LogP contribution in [0.25, 0.3) is 0 Å². The third kappa shape index (κ3) is 36.9. The summed E-state index contributed by atoms with van der Waals surface area (Å²) in [6.07, 6.45) is 1.99. The summed E-state index contributed by atoms with van der Waals surface area (Å²) in [6, 6.07) is 2.40. The molecular formula is C87H118N24O21S. The number of imidazole rings is 2. The van der Waals surface area contributed by atoms with Gasteiger partial charge in [-0.25, -0.2) is 9.97 Å². The molecule has 17 amide bonds. The number of nitrogens with zero attached hydrogens (tertiary/aromatic N) is 2. The van der Waals surface area contributed by atoms with Crippen LogP contribution in [-0.2, 0) is 120 Å². The van der Waals surface area contributed by atoms with Crippen molar-refractivity contribution in [1.82, 2.24) is 105 Å². The van der Waals surface area contributed by atoms with Gasteiger partial charge in [-0.05, 0) is 114 Å². The molecule has 2 aromatic heterocycles. The fourth-order valence-corrected chi connectivity index (χ4v) is 14.6. The van der Waals surface area contributed by atoms with Crippen LogP contribution in [0.1, 0.15) is 114 Å². The van der Waals surface area contributed by atoms with E-state index in [4.69, 9.17) is 22.6 Å². The molecule has 0 spiro atoms. The predicted octanol–water partition coefficient (Wildman–Crippen LogP) is -4.61. The molecule has 718 valence electrons. The van der Waals surface area contributed by atoms with Gasteiger partial charge in [-0.3, -0.25) is 86.9 Å². The van der Waals surface area contributed by atoms with E-state index in [1.54, 1.807) is 41.5 Å². The molecule has 1 saturated heterocycles. The van der Waals surface area contributed by atoms with Crippen LogP contribution in [0.5, 0.6) is 23.0 Å². The number of carbonyl (C=O) groups is 17. The second-order valence-electron chi connectivity index (χ2n) is 32.8. The second kappa shape index (κ2) is 52.7. The zero-order valence-corrected chi connectivity index (χ0v) is 75.0. The van der Waals surface area contributed by atoms with Gasteiger partial charge in [0.2, 0.25) is 100 Å². The van der Waals surface area contributed by atoms with E-state index in [0.717, 1.165) is 11.8 Å². The largest absolute Gasteiger partial charge is 0.508 e. The van der Waals surface area contributed by atoms with E-state index in [0.29, 0.717) is 22.3 Å². The summed E-state index contributed by atoms with van der Waals surface area (Å²) >= 11 is 0.729. The molecule has 13 atom stereocenters. The van der Waals surface area contributed by atoms with E-state index in [9.17, 15) is 68.4 Å². The number of aromatic nitrogens is 4. The molecule has 133 heavy (non-hydrogen) atoms. The van der Waals surface area contributed by atoms with Crippen molar-refractivity contribution in [3.8, 4) is 23.0 Å². The molecule has 6 aromatic rings. The Bertz CT molecular complexity index is 4990. The summed E-state index contributed by atoms with van der Waals surface area (Å²) in [7, 11) is 0. The first-order valence-corrected chi connectivity index (χ1v) is 44.1. The third-order valence-corrected chi connectivity index (χ3v) is 21.9. The van der Waals surface area contributed by atoms with Crippen LogP contribution in [0.2, 0.25) is 0 Å². The van der Waals surface area contributed by atoms with Crippen molar-refractivity contribution in [3.63, 3.8) is 0 Å².